The van der Waals surface area contributed by atoms with Crippen LogP contribution in [-0.4, -0.2) is 42.5 Å². The Bertz CT molecular complexity index is 969. The maximum absolute atomic E-state index is 9.89. The topological polar surface area (TPSA) is 93.1 Å². The molecule has 0 aromatic rings. The van der Waals surface area contributed by atoms with Gasteiger partial charge in [0.25, 0.3) is 12.9 Å². The van der Waals surface area contributed by atoms with E-state index in [1.807, 2.05) is 46.8 Å². The molecule has 0 aliphatic carbocycles. The molecule has 0 spiro atoms. The summed E-state index contributed by atoms with van der Waals surface area (Å²) < 4.78 is 9.13. The van der Waals surface area contributed by atoms with Gasteiger partial charge in [0, 0.05) is 6.61 Å². The van der Waals surface area contributed by atoms with E-state index in [-0.39, 0.29) is 12.7 Å². The molecule has 0 amide bonds. The van der Waals surface area contributed by atoms with Gasteiger partial charge in [-0.05, 0) is 157 Å². The molecule has 0 rings (SSSR count). The molecule has 0 aliphatic heterocycles. The van der Waals surface area contributed by atoms with Gasteiger partial charge in [0.05, 0.1) is 12.7 Å². The lowest BCUT2D eigenvalue weighted by atomic mass is 9.79. The molecule has 6 heteroatoms. The Morgan fingerprint density at radius 2 is 1.20 bits per heavy atom. The zero-order valence-corrected chi connectivity index (χ0v) is 35.6. The lowest BCUT2D eigenvalue weighted by Gasteiger charge is -2.27. The van der Waals surface area contributed by atoms with Crippen LogP contribution in [0.25, 0.3) is 0 Å². The molecule has 0 fully saturated rings. The highest BCUT2D eigenvalue weighted by Crippen LogP contribution is 2.29. The summed E-state index contributed by atoms with van der Waals surface area (Å²) in [5.74, 6) is 1.49. The van der Waals surface area contributed by atoms with Crippen LogP contribution in [0.5, 0.6) is 0 Å². The van der Waals surface area contributed by atoms with E-state index in [0.29, 0.717) is 30.7 Å². The molecule has 0 bridgehead atoms. The first-order valence-corrected chi connectivity index (χ1v) is 18.6. The standard InChI is InChI=1S/C12H24.C10H16O2.C10H18O.C7H14O.C5H10O2/c1-7-10(2)8-9-11(3)12(4,5)6;1-4-9(2)6-5-7-10(3)12-8-11;1-4-10(8-11)7-5-6-9(2)3;1-3-7(2)5-4-6-8;1-3-5(2)7-4-6/h7,11H,8-9H2,1-6H3;4,7-8H,5-6H2,1-3H3;4,6,11H,5,7-8H2,1-3H3;3,8H,4-6H2,1-2H3;4-5H,3H2,1-2H3/b10-7+;9-4+,10-7+;10-4-;7-3+;. The fourth-order valence-electron chi connectivity index (χ4n) is 3.35. The van der Waals surface area contributed by atoms with Crippen molar-refractivity contribution in [1.29, 1.82) is 0 Å². The van der Waals surface area contributed by atoms with E-state index < -0.39 is 0 Å². The average molecular weight is 707 g/mol. The fraction of sp³-hybridized carbons (Fsp3) is 0.682. The molecule has 0 saturated carbocycles. The van der Waals surface area contributed by atoms with Gasteiger partial charge in [-0.3, -0.25) is 9.59 Å². The number of allylic oxidation sites excluding steroid dienone is 11. The Labute approximate surface area is 310 Å². The molecule has 2 unspecified atom stereocenters. The molecule has 0 aliphatic rings. The van der Waals surface area contributed by atoms with Crippen LogP contribution in [0.15, 0.2) is 70.1 Å². The number of carbonyl (C=O) groups is 2. The maximum atomic E-state index is 9.89. The first-order valence-electron chi connectivity index (χ1n) is 18.6. The van der Waals surface area contributed by atoms with E-state index in [9.17, 15) is 9.59 Å². The van der Waals surface area contributed by atoms with E-state index in [1.165, 1.54) is 35.1 Å². The lowest BCUT2D eigenvalue weighted by molar-refractivity contribution is -0.132. The smallest absolute Gasteiger partial charge is 0.298 e. The molecule has 50 heavy (non-hydrogen) atoms. The second-order valence-corrected chi connectivity index (χ2v) is 14.0. The van der Waals surface area contributed by atoms with Gasteiger partial charge in [-0.2, -0.15) is 0 Å². The van der Waals surface area contributed by atoms with Crippen molar-refractivity contribution in [2.45, 2.75) is 175 Å². The third-order valence-electron chi connectivity index (χ3n) is 8.35. The summed E-state index contributed by atoms with van der Waals surface area (Å²) in [6.07, 6.45) is 21.9. The fourth-order valence-corrected chi connectivity index (χ4v) is 3.35. The Hall–Kier alpha value is -2.70. The third kappa shape index (κ3) is 49.7. The van der Waals surface area contributed by atoms with Gasteiger partial charge in [-0.1, -0.05) is 87.3 Å². The number of carbonyl (C=O) groups excluding carboxylic acids is 2. The van der Waals surface area contributed by atoms with Crippen molar-refractivity contribution in [2.24, 2.45) is 11.3 Å². The van der Waals surface area contributed by atoms with E-state index in [0.717, 1.165) is 56.4 Å². The van der Waals surface area contributed by atoms with Crippen LogP contribution in [-0.2, 0) is 19.1 Å². The SMILES string of the molecule is C/C=C(\C)CC/C=C(\C)OC=O.C/C=C(\C)CCC(C)C(C)(C)C.C/C=C(\C)CCCO.C/C=C(\CO)CCC=C(C)C.CCC(C)OC=O. The van der Waals surface area contributed by atoms with Gasteiger partial charge in [0.1, 0.15) is 5.76 Å². The highest BCUT2D eigenvalue weighted by Gasteiger charge is 2.19. The van der Waals surface area contributed by atoms with Crippen molar-refractivity contribution in [3.05, 3.63) is 70.1 Å². The summed E-state index contributed by atoms with van der Waals surface area (Å²) >= 11 is 0. The van der Waals surface area contributed by atoms with Gasteiger partial charge in [-0.25, -0.2) is 0 Å². The summed E-state index contributed by atoms with van der Waals surface area (Å²) in [5.41, 5.74) is 7.17. The Morgan fingerprint density at radius 1 is 0.700 bits per heavy atom. The zero-order valence-electron chi connectivity index (χ0n) is 35.6. The van der Waals surface area contributed by atoms with Crippen molar-refractivity contribution in [1.82, 2.24) is 0 Å². The van der Waals surface area contributed by atoms with Crippen LogP contribution in [0.2, 0.25) is 0 Å². The van der Waals surface area contributed by atoms with Gasteiger partial charge < -0.3 is 19.7 Å². The number of rotatable bonds is 18. The third-order valence-corrected chi connectivity index (χ3v) is 8.35. The van der Waals surface area contributed by atoms with Crippen molar-refractivity contribution in [3.8, 4) is 0 Å². The van der Waals surface area contributed by atoms with E-state index in [4.69, 9.17) is 10.2 Å². The Balaban J connectivity index is -0.000000171. The van der Waals surface area contributed by atoms with E-state index >= 15 is 0 Å². The largest absolute Gasteiger partial charge is 0.465 e. The molecule has 2 atom stereocenters. The quantitative estimate of drug-likeness (QED) is 0.0837. The van der Waals surface area contributed by atoms with Crippen LogP contribution in [0, 0.1) is 11.3 Å². The predicted octanol–water partition coefficient (Wildman–Crippen LogP) is 12.6. The summed E-state index contributed by atoms with van der Waals surface area (Å²) in [7, 11) is 0. The molecule has 0 aromatic carbocycles. The second-order valence-electron chi connectivity index (χ2n) is 14.0. The van der Waals surface area contributed by atoms with E-state index in [1.54, 1.807) is 6.92 Å². The molecule has 0 saturated heterocycles. The molecule has 0 radical (unpaired) electrons. The predicted molar refractivity (Wildman–Crippen MR) is 219 cm³/mol. The number of hydrogen-bond donors (Lipinski definition) is 2. The monoisotopic (exact) mass is 707 g/mol. The first-order chi connectivity index (χ1) is 23.4. The summed E-state index contributed by atoms with van der Waals surface area (Å²) in [6.45, 7) is 35.1. The average Bonchev–Trinajstić information content (AvgIpc) is 3.08. The van der Waals surface area contributed by atoms with Crippen LogP contribution in [0.4, 0.5) is 0 Å². The summed E-state index contributed by atoms with van der Waals surface area (Å²) in [5, 5.41) is 17.2. The minimum atomic E-state index is 0.0810. The zero-order chi connectivity index (χ0) is 40.0. The normalized spacial score (nSPS) is 13.3. The van der Waals surface area contributed by atoms with Gasteiger partial charge >= 0.3 is 0 Å². The van der Waals surface area contributed by atoms with E-state index in [2.05, 4.69) is 103 Å². The minimum absolute atomic E-state index is 0.0810. The van der Waals surface area contributed by atoms with Crippen LogP contribution >= 0.6 is 0 Å². The van der Waals surface area contributed by atoms with Crippen molar-refractivity contribution < 1.29 is 29.3 Å². The number of aliphatic hydroxyl groups excluding tert-OH is 2. The molecule has 6 nitrogen and oxygen atoms in total. The highest BCUT2D eigenvalue weighted by atomic mass is 16.5. The lowest BCUT2D eigenvalue weighted by Crippen LogP contribution is -2.17. The summed E-state index contributed by atoms with van der Waals surface area (Å²) in [4.78, 5) is 19.4. The van der Waals surface area contributed by atoms with Gasteiger partial charge in [-0.15, -0.1) is 0 Å². The minimum Gasteiger partial charge on any atom is -0.465 e. The van der Waals surface area contributed by atoms with Crippen LogP contribution in [0.1, 0.15) is 169 Å². The first kappa shape index (κ1) is 56.7. The molecular weight excluding hydrogens is 624 g/mol. The van der Waals surface area contributed by atoms with Gasteiger partial charge in [0.2, 0.25) is 0 Å². The molecule has 294 valence electrons. The summed E-state index contributed by atoms with van der Waals surface area (Å²) in [6, 6.07) is 0. The Kier molecular flexibility index (Phi) is 46.2. The molecule has 0 aromatic heterocycles. The number of hydrogen-bond acceptors (Lipinski definition) is 6. The number of ether oxygens (including phenoxy) is 2. The van der Waals surface area contributed by atoms with Crippen molar-refractivity contribution in [2.75, 3.05) is 13.2 Å². The molecule has 0 heterocycles. The highest BCUT2D eigenvalue weighted by molar-refractivity contribution is 5.39. The van der Waals surface area contributed by atoms with Crippen LogP contribution < -0.4 is 0 Å². The van der Waals surface area contributed by atoms with Gasteiger partial charge in [0.15, 0.2) is 0 Å². The van der Waals surface area contributed by atoms with Crippen molar-refractivity contribution >= 4 is 12.9 Å². The molecular formula is C44H82O6. The molecule has 2 N–H and O–H groups in total. The maximum Gasteiger partial charge on any atom is 0.298 e. The second kappa shape index (κ2) is 40.7. The number of aliphatic hydroxyl groups is 2. The van der Waals surface area contributed by atoms with Crippen molar-refractivity contribution in [3.63, 3.8) is 0 Å². The Morgan fingerprint density at radius 3 is 1.56 bits per heavy atom. The van der Waals surface area contributed by atoms with Crippen LogP contribution in [0.3, 0.4) is 0 Å².